The van der Waals surface area contributed by atoms with E-state index in [9.17, 15) is 15.2 Å². The second-order valence-corrected chi connectivity index (χ2v) is 4.39. The predicted octanol–water partition coefficient (Wildman–Crippen LogP) is 1.32. The van der Waals surface area contributed by atoms with Gasteiger partial charge in [0.05, 0.1) is 12.7 Å². The number of rotatable bonds is 3. The highest BCUT2D eigenvalue weighted by atomic mass is 16.5. The topological polar surface area (TPSA) is 70.3 Å². The van der Waals surface area contributed by atoms with Crippen molar-refractivity contribution >= 4 is 5.97 Å². The van der Waals surface area contributed by atoms with Crippen LogP contribution in [0, 0.1) is 11.3 Å². The molecule has 0 heterocycles. The summed E-state index contributed by atoms with van der Waals surface area (Å²) in [6.45, 7) is 1.87. The monoisotopic (exact) mass is 245 g/mol. The maximum Gasteiger partial charge on any atom is 0.337 e. The number of nitrogens with zero attached hydrogens (tertiary/aromatic N) is 1. The SMILES string of the molecule is CCOC(=O)C(O)C1(C#N)CCc2ccccc21. The van der Waals surface area contributed by atoms with Crippen molar-refractivity contribution in [2.45, 2.75) is 31.3 Å². The normalized spacial score (nSPS) is 22.9. The molecule has 2 unspecified atom stereocenters. The minimum Gasteiger partial charge on any atom is -0.464 e. The van der Waals surface area contributed by atoms with Gasteiger partial charge in [-0.1, -0.05) is 24.3 Å². The van der Waals surface area contributed by atoms with Crippen molar-refractivity contribution < 1.29 is 14.6 Å². The molecule has 18 heavy (non-hydrogen) atoms. The van der Waals surface area contributed by atoms with Crippen LogP contribution in [0.5, 0.6) is 0 Å². The van der Waals surface area contributed by atoms with Crippen LogP contribution in [0.15, 0.2) is 24.3 Å². The van der Waals surface area contributed by atoms with Gasteiger partial charge in [0.1, 0.15) is 5.41 Å². The lowest BCUT2D eigenvalue weighted by atomic mass is 9.78. The van der Waals surface area contributed by atoms with Gasteiger partial charge in [-0.15, -0.1) is 0 Å². The van der Waals surface area contributed by atoms with E-state index in [-0.39, 0.29) is 6.61 Å². The first-order valence-electron chi connectivity index (χ1n) is 6.00. The molecule has 2 rings (SSSR count). The molecule has 1 aromatic rings. The van der Waals surface area contributed by atoms with E-state index < -0.39 is 17.5 Å². The van der Waals surface area contributed by atoms with Gasteiger partial charge in [0.25, 0.3) is 0 Å². The third kappa shape index (κ3) is 1.77. The summed E-state index contributed by atoms with van der Waals surface area (Å²) in [5.74, 6) is -0.726. The van der Waals surface area contributed by atoms with Gasteiger partial charge in [-0.05, 0) is 30.9 Å². The van der Waals surface area contributed by atoms with Crippen LogP contribution in [0.2, 0.25) is 0 Å². The number of ether oxygens (including phenoxy) is 1. The number of nitriles is 1. The Bertz CT molecular complexity index is 506. The Labute approximate surface area is 106 Å². The first-order valence-corrected chi connectivity index (χ1v) is 6.00. The maximum absolute atomic E-state index is 11.7. The Morgan fingerprint density at radius 2 is 2.33 bits per heavy atom. The van der Waals surface area contributed by atoms with E-state index in [1.165, 1.54) is 0 Å². The molecule has 0 radical (unpaired) electrons. The van der Waals surface area contributed by atoms with E-state index in [1.807, 2.05) is 18.2 Å². The molecular formula is C14H15NO3. The van der Waals surface area contributed by atoms with Crippen LogP contribution in [-0.2, 0) is 21.4 Å². The van der Waals surface area contributed by atoms with E-state index in [4.69, 9.17) is 4.74 Å². The molecule has 0 saturated carbocycles. The Balaban J connectivity index is 2.40. The molecule has 4 nitrogen and oxygen atoms in total. The summed E-state index contributed by atoms with van der Waals surface area (Å²) in [6, 6.07) is 9.55. The first-order chi connectivity index (χ1) is 8.65. The second kappa shape index (κ2) is 4.79. The number of benzene rings is 1. The average Bonchev–Trinajstić information content (AvgIpc) is 2.78. The summed E-state index contributed by atoms with van der Waals surface area (Å²) < 4.78 is 4.82. The standard InChI is InChI=1S/C14H15NO3/c1-2-18-13(17)12(16)14(9-15)8-7-10-5-3-4-6-11(10)14/h3-6,12,16H,2,7-8H2,1H3. The molecule has 1 N–H and O–H groups in total. The predicted molar refractivity (Wildman–Crippen MR) is 64.7 cm³/mol. The van der Waals surface area contributed by atoms with Crippen molar-refractivity contribution in [2.75, 3.05) is 6.61 Å². The molecule has 0 aliphatic heterocycles. The molecule has 1 aliphatic rings. The van der Waals surface area contributed by atoms with Gasteiger partial charge in [-0.25, -0.2) is 4.79 Å². The van der Waals surface area contributed by atoms with Crippen LogP contribution in [-0.4, -0.2) is 23.8 Å². The molecule has 1 aliphatic carbocycles. The van der Waals surface area contributed by atoms with Crippen molar-refractivity contribution in [2.24, 2.45) is 0 Å². The highest BCUT2D eigenvalue weighted by Crippen LogP contribution is 2.41. The van der Waals surface area contributed by atoms with Gasteiger partial charge >= 0.3 is 5.97 Å². The largest absolute Gasteiger partial charge is 0.464 e. The number of carbonyl (C=O) groups is 1. The smallest absolute Gasteiger partial charge is 0.337 e. The number of aryl methyl sites for hydroxylation is 1. The first kappa shape index (κ1) is 12.6. The van der Waals surface area contributed by atoms with Crippen LogP contribution in [0.1, 0.15) is 24.5 Å². The molecule has 0 fully saturated rings. The molecule has 0 aromatic heterocycles. The minimum absolute atomic E-state index is 0.194. The number of aliphatic hydroxyl groups excluding tert-OH is 1. The Kier molecular flexibility index (Phi) is 3.35. The van der Waals surface area contributed by atoms with Crippen LogP contribution in [0.25, 0.3) is 0 Å². The lowest BCUT2D eigenvalue weighted by Gasteiger charge is -2.26. The zero-order valence-electron chi connectivity index (χ0n) is 10.2. The van der Waals surface area contributed by atoms with E-state index in [1.54, 1.807) is 13.0 Å². The lowest BCUT2D eigenvalue weighted by Crippen LogP contribution is -2.43. The van der Waals surface area contributed by atoms with Crippen molar-refractivity contribution in [3.63, 3.8) is 0 Å². The molecule has 94 valence electrons. The highest BCUT2D eigenvalue weighted by Gasteiger charge is 2.49. The fraction of sp³-hybridized carbons (Fsp3) is 0.429. The summed E-state index contributed by atoms with van der Waals surface area (Å²) in [4.78, 5) is 11.7. The summed E-state index contributed by atoms with van der Waals surface area (Å²) in [7, 11) is 0. The summed E-state index contributed by atoms with van der Waals surface area (Å²) in [6.07, 6.45) is -0.283. The van der Waals surface area contributed by atoms with Crippen molar-refractivity contribution in [1.82, 2.24) is 0 Å². The molecule has 4 heteroatoms. The van der Waals surface area contributed by atoms with Gasteiger partial charge in [-0.2, -0.15) is 5.26 Å². The van der Waals surface area contributed by atoms with E-state index in [2.05, 4.69) is 6.07 Å². The van der Waals surface area contributed by atoms with Crippen molar-refractivity contribution in [3.8, 4) is 6.07 Å². The molecule has 2 atom stereocenters. The zero-order valence-corrected chi connectivity index (χ0v) is 10.2. The summed E-state index contributed by atoms with van der Waals surface area (Å²) >= 11 is 0. The molecule has 0 bridgehead atoms. The molecule has 1 aromatic carbocycles. The summed E-state index contributed by atoms with van der Waals surface area (Å²) in [5, 5.41) is 19.6. The van der Waals surface area contributed by atoms with Gasteiger partial charge in [0.2, 0.25) is 0 Å². The van der Waals surface area contributed by atoms with Gasteiger partial charge in [-0.3, -0.25) is 0 Å². The Morgan fingerprint density at radius 3 is 3.00 bits per heavy atom. The van der Waals surface area contributed by atoms with Gasteiger partial charge < -0.3 is 9.84 Å². The number of aliphatic hydroxyl groups is 1. The number of carbonyl (C=O) groups excluding carboxylic acids is 1. The van der Waals surface area contributed by atoms with E-state index in [0.29, 0.717) is 12.8 Å². The van der Waals surface area contributed by atoms with E-state index >= 15 is 0 Å². The van der Waals surface area contributed by atoms with Crippen LogP contribution < -0.4 is 0 Å². The third-order valence-corrected chi connectivity index (χ3v) is 3.46. The van der Waals surface area contributed by atoms with E-state index in [0.717, 1.165) is 11.1 Å². The fourth-order valence-electron chi connectivity index (χ4n) is 2.52. The second-order valence-electron chi connectivity index (χ2n) is 4.39. The number of esters is 1. The van der Waals surface area contributed by atoms with Gasteiger partial charge in [0, 0.05) is 0 Å². The fourth-order valence-corrected chi connectivity index (χ4v) is 2.52. The van der Waals surface area contributed by atoms with Crippen LogP contribution >= 0.6 is 0 Å². The minimum atomic E-state index is -1.42. The van der Waals surface area contributed by atoms with Gasteiger partial charge in [0.15, 0.2) is 6.10 Å². The maximum atomic E-state index is 11.7. The third-order valence-electron chi connectivity index (χ3n) is 3.46. The van der Waals surface area contributed by atoms with Crippen LogP contribution in [0.4, 0.5) is 0 Å². The average molecular weight is 245 g/mol. The van der Waals surface area contributed by atoms with Crippen LogP contribution in [0.3, 0.4) is 0 Å². The quantitative estimate of drug-likeness (QED) is 0.815. The number of hydrogen-bond donors (Lipinski definition) is 1. The highest BCUT2D eigenvalue weighted by molar-refractivity contribution is 5.78. The van der Waals surface area contributed by atoms with Crippen molar-refractivity contribution in [1.29, 1.82) is 5.26 Å². The lowest BCUT2D eigenvalue weighted by molar-refractivity contribution is -0.155. The zero-order chi connectivity index (χ0) is 13.2. The Hall–Kier alpha value is -1.86. The number of fused-ring (bicyclic) bond motifs is 1. The number of hydrogen-bond acceptors (Lipinski definition) is 4. The van der Waals surface area contributed by atoms with Crippen molar-refractivity contribution in [3.05, 3.63) is 35.4 Å². The molecular weight excluding hydrogens is 230 g/mol. The Morgan fingerprint density at radius 1 is 1.61 bits per heavy atom. The molecule has 0 spiro atoms. The molecule has 0 amide bonds. The summed E-state index contributed by atoms with van der Waals surface area (Å²) in [5.41, 5.74) is 0.596. The molecule has 0 saturated heterocycles.